The van der Waals surface area contributed by atoms with E-state index in [1.54, 1.807) is 11.8 Å². The number of aromatic nitrogens is 2. The maximum Gasteiger partial charge on any atom is 0.434 e. The molecule has 1 spiro atoms. The second kappa shape index (κ2) is 15.5. The van der Waals surface area contributed by atoms with Crippen molar-refractivity contribution < 1.29 is 46.2 Å². The van der Waals surface area contributed by atoms with Crippen molar-refractivity contribution >= 4 is 29.2 Å². The Kier molecular flexibility index (Phi) is 10.9. The van der Waals surface area contributed by atoms with E-state index in [1.165, 1.54) is 0 Å². The van der Waals surface area contributed by atoms with Gasteiger partial charge in [0.15, 0.2) is 5.69 Å². The molecule has 2 N–H and O–H groups in total. The highest BCUT2D eigenvalue weighted by atomic mass is 19.4. The zero-order valence-corrected chi connectivity index (χ0v) is 33.3. The van der Waals surface area contributed by atoms with Gasteiger partial charge < -0.3 is 24.9 Å². The average Bonchev–Trinajstić information content (AvgIpc) is 3.48. The van der Waals surface area contributed by atoms with Crippen LogP contribution in [0.5, 0.6) is 5.75 Å². The largest absolute Gasteiger partial charge is 0.490 e. The number of rotatable bonds is 8. The Morgan fingerprint density at radius 2 is 1.66 bits per heavy atom. The van der Waals surface area contributed by atoms with Crippen LogP contribution in [0.15, 0.2) is 29.6 Å². The van der Waals surface area contributed by atoms with Crippen molar-refractivity contribution in [3.63, 3.8) is 0 Å². The standard InChI is InChI=1S/C43H54F5N5O5/c1-25-18-27-20-26(2)42(38(55)56,28(19-25)21-27)51-37(54)33-23-49-39(50-36(33)43(46,47)48)53-24-40(14-4-3-5-15-40)34-22-32(10-11-35(34)53)57-30-6-8-31(9-7-30)58-52-29-12-16-41(44,45)17-13-29/h10-11,22-23,25-28,30-31H,3-9,12-21,24H2,1-2H3,(H,51,54)(H,55,56)/t25?,26?,27?,28?,30-,31-,42?. The molecule has 6 aliphatic rings. The monoisotopic (exact) mass is 815 g/mol. The van der Waals surface area contributed by atoms with Crippen molar-refractivity contribution in [1.82, 2.24) is 15.3 Å². The predicted molar refractivity (Wildman–Crippen MR) is 205 cm³/mol. The quantitative estimate of drug-likeness (QED) is 0.199. The zero-order chi connectivity index (χ0) is 41.0. The minimum atomic E-state index is -5.02. The van der Waals surface area contributed by atoms with E-state index in [9.17, 15) is 36.6 Å². The maximum absolute atomic E-state index is 14.9. The lowest BCUT2D eigenvalue weighted by Gasteiger charge is -2.52. The van der Waals surface area contributed by atoms with Crippen LogP contribution in [0.3, 0.4) is 0 Å². The highest BCUT2D eigenvalue weighted by Crippen LogP contribution is 2.53. The maximum atomic E-state index is 14.9. The molecule has 2 aromatic rings. The van der Waals surface area contributed by atoms with Gasteiger partial charge in [0.2, 0.25) is 11.9 Å². The van der Waals surface area contributed by atoms with Crippen LogP contribution in [0.25, 0.3) is 0 Å². The van der Waals surface area contributed by atoms with Crippen LogP contribution in [0.2, 0.25) is 0 Å². The number of hydrogen-bond acceptors (Lipinski definition) is 8. The number of benzene rings is 1. The number of carbonyl (C=O) groups excluding carboxylic acids is 1. The number of ether oxygens (including phenoxy) is 1. The van der Waals surface area contributed by atoms with Crippen molar-refractivity contribution in [2.24, 2.45) is 28.8 Å². The van der Waals surface area contributed by atoms with Gasteiger partial charge in [0, 0.05) is 36.7 Å². The molecule has 2 bridgehead atoms. The van der Waals surface area contributed by atoms with E-state index >= 15 is 0 Å². The first-order valence-corrected chi connectivity index (χ1v) is 21.2. The third-order valence-corrected chi connectivity index (χ3v) is 14.3. The summed E-state index contributed by atoms with van der Waals surface area (Å²) in [6.45, 7) is 4.19. The van der Waals surface area contributed by atoms with E-state index in [1.807, 2.05) is 18.2 Å². The lowest BCUT2D eigenvalue weighted by Crippen LogP contribution is -2.66. The Hall–Kier alpha value is -4.04. The molecule has 316 valence electrons. The van der Waals surface area contributed by atoms with Crippen molar-refractivity contribution in [2.45, 2.75) is 158 Å². The number of carboxylic acid groups (broad SMARTS) is 1. The highest BCUT2D eigenvalue weighted by Gasteiger charge is 2.57. The van der Waals surface area contributed by atoms with Crippen molar-refractivity contribution in [3.05, 3.63) is 41.2 Å². The second-order valence-electron chi connectivity index (χ2n) is 18.3. The smallest absolute Gasteiger partial charge is 0.434 e. The number of amides is 1. The Morgan fingerprint density at radius 3 is 2.34 bits per heavy atom. The van der Waals surface area contributed by atoms with Gasteiger partial charge in [-0.2, -0.15) is 13.2 Å². The molecule has 0 saturated heterocycles. The van der Waals surface area contributed by atoms with E-state index in [0.29, 0.717) is 61.7 Å². The van der Waals surface area contributed by atoms with E-state index in [4.69, 9.17) is 9.57 Å². The Bertz CT molecular complexity index is 1900. The van der Waals surface area contributed by atoms with E-state index in [2.05, 4.69) is 27.4 Å². The van der Waals surface area contributed by atoms with Gasteiger partial charge in [-0.15, -0.1) is 0 Å². The minimum Gasteiger partial charge on any atom is -0.490 e. The average molecular weight is 816 g/mol. The fourth-order valence-corrected chi connectivity index (χ4v) is 11.4. The molecular formula is C43H54F5N5O5. The summed E-state index contributed by atoms with van der Waals surface area (Å²) in [6.07, 6.45) is 6.06. The Labute approximate surface area is 335 Å². The summed E-state index contributed by atoms with van der Waals surface area (Å²) in [4.78, 5) is 42.7. The van der Waals surface area contributed by atoms with Gasteiger partial charge in [0.05, 0.1) is 17.4 Å². The van der Waals surface area contributed by atoms with Gasteiger partial charge in [0.25, 0.3) is 5.91 Å². The summed E-state index contributed by atoms with van der Waals surface area (Å²) in [5.74, 6) is -4.81. The fourth-order valence-electron chi connectivity index (χ4n) is 11.4. The summed E-state index contributed by atoms with van der Waals surface area (Å²) < 4.78 is 78.1. The fraction of sp³-hybridized carbons (Fsp3) is 0.698. The molecule has 2 heterocycles. The number of nitrogens with zero attached hydrogens (tertiary/aromatic N) is 4. The molecule has 5 unspecified atom stereocenters. The summed E-state index contributed by atoms with van der Waals surface area (Å²) in [5.41, 5.74) is -1.89. The summed E-state index contributed by atoms with van der Waals surface area (Å²) >= 11 is 0. The second-order valence-corrected chi connectivity index (χ2v) is 18.3. The normalized spacial score (nSPS) is 31.6. The molecule has 1 aliphatic heterocycles. The molecule has 58 heavy (non-hydrogen) atoms. The number of carbonyl (C=O) groups is 2. The van der Waals surface area contributed by atoms with Crippen LogP contribution >= 0.6 is 0 Å². The van der Waals surface area contributed by atoms with E-state index < -0.39 is 52.6 Å². The van der Waals surface area contributed by atoms with Crippen LogP contribution in [-0.4, -0.2) is 62.9 Å². The number of halogens is 5. The summed E-state index contributed by atoms with van der Waals surface area (Å²) in [7, 11) is 0. The van der Waals surface area contributed by atoms with Gasteiger partial charge in [-0.05, 0) is 124 Å². The molecule has 1 aromatic heterocycles. The lowest BCUT2D eigenvalue weighted by atomic mass is 9.56. The van der Waals surface area contributed by atoms with Gasteiger partial charge in [-0.1, -0.05) is 38.3 Å². The lowest BCUT2D eigenvalue weighted by molar-refractivity contribution is -0.155. The molecule has 5 saturated carbocycles. The van der Waals surface area contributed by atoms with Crippen molar-refractivity contribution in [3.8, 4) is 5.75 Å². The molecule has 1 amide bonds. The first-order chi connectivity index (χ1) is 27.5. The third-order valence-electron chi connectivity index (χ3n) is 14.3. The number of hydrogen-bond donors (Lipinski definition) is 2. The number of nitrogens with one attached hydrogen (secondary N) is 1. The van der Waals surface area contributed by atoms with Crippen LogP contribution < -0.4 is 15.0 Å². The van der Waals surface area contributed by atoms with Gasteiger partial charge in [0.1, 0.15) is 17.4 Å². The number of oxime groups is 1. The molecule has 5 atom stereocenters. The molecule has 10 nitrogen and oxygen atoms in total. The van der Waals surface area contributed by atoms with Crippen LogP contribution in [0.4, 0.5) is 33.6 Å². The van der Waals surface area contributed by atoms with Crippen molar-refractivity contribution in [1.29, 1.82) is 0 Å². The molecule has 15 heteroatoms. The zero-order valence-electron chi connectivity index (χ0n) is 33.3. The Morgan fingerprint density at radius 1 is 0.948 bits per heavy atom. The topological polar surface area (TPSA) is 126 Å². The molecule has 8 rings (SSSR count). The third kappa shape index (κ3) is 7.87. The first kappa shape index (κ1) is 40.7. The van der Waals surface area contributed by atoms with Crippen LogP contribution in [-0.2, 0) is 21.2 Å². The highest BCUT2D eigenvalue weighted by molar-refractivity contribution is 5.99. The SMILES string of the molecule is CC1CC2CC(C)C(NC(=O)c3cnc(N4CC5(CCCCC5)c5cc(O[C@H]6CC[C@H](ON=C7CCC(F)(F)CC7)CC6)ccc54)nc3C(F)(F)F)(C(=O)O)C(C1)C2. The first-order valence-electron chi connectivity index (χ1n) is 21.2. The molecule has 0 radical (unpaired) electrons. The van der Waals surface area contributed by atoms with Crippen molar-refractivity contribution in [2.75, 3.05) is 11.4 Å². The number of alkyl halides is 5. The minimum absolute atomic E-state index is 0.0742. The predicted octanol–water partition coefficient (Wildman–Crippen LogP) is 9.77. The van der Waals surface area contributed by atoms with E-state index in [-0.39, 0.29) is 55.2 Å². The van der Waals surface area contributed by atoms with Gasteiger partial charge in [-0.25, -0.2) is 23.5 Å². The number of carboxylic acids is 1. The Balaban J connectivity index is 1.01. The number of anilines is 2. The number of fused-ring (bicyclic) bond motifs is 4. The molecule has 5 fully saturated rings. The summed E-state index contributed by atoms with van der Waals surface area (Å²) in [5, 5.41) is 17.4. The molecular weight excluding hydrogens is 761 g/mol. The van der Waals surface area contributed by atoms with Gasteiger partial charge >= 0.3 is 12.1 Å². The summed E-state index contributed by atoms with van der Waals surface area (Å²) in [6, 6.07) is 5.68. The number of aliphatic carboxylic acids is 1. The van der Waals surface area contributed by atoms with Crippen LogP contribution in [0, 0.1) is 23.7 Å². The molecule has 5 aliphatic carbocycles. The molecule has 1 aromatic carbocycles. The van der Waals surface area contributed by atoms with E-state index in [0.717, 1.165) is 63.1 Å². The van der Waals surface area contributed by atoms with Crippen LogP contribution in [0.1, 0.15) is 145 Å². The van der Waals surface area contributed by atoms with Gasteiger partial charge in [-0.3, -0.25) is 4.79 Å².